The van der Waals surface area contributed by atoms with Crippen molar-refractivity contribution < 1.29 is 0 Å². The second-order valence-corrected chi connectivity index (χ2v) is 6.32. The van der Waals surface area contributed by atoms with Crippen LogP contribution in [-0.2, 0) is 6.42 Å². The highest BCUT2D eigenvalue weighted by Crippen LogP contribution is 2.40. The van der Waals surface area contributed by atoms with Crippen molar-refractivity contribution in [3.8, 4) is 0 Å². The van der Waals surface area contributed by atoms with Gasteiger partial charge in [-0.1, -0.05) is 35.2 Å². The lowest BCUT2D eigenvalue weighted by Crippen LogP contribution is -2.28. The molecule has 1 aromatic rings. The van der Waals surface area contributed by atoms with Crippen LogP contribution in [0.3, 0.4) is 0 Å². The van der Waals surface area contributed by atoms with E-state index in [-0.39, 0.29) is 0 Å². The zero-order chi connectivity index (χ0) is 11.4. The number of nitrogens with zero attached hydrogens (tertiary/aromatic N) is 1. The fraction of sp³-hybridized carbons (Fsp3) is 0.615. The molecule has 0 spiro atoms. The molecule has 0 saturated heterocycles. The van der Waals surface area contributed by atoms with Gasteiger partial charge in [0.2, 0.25) is 0 Å². The van der Waals surface area contributed by atoms with Gasteiger partial charge in [-0.3, -0.25) is 4.98 Å². The second-order valence-electron chi connectivity index (χ2n) is 4.84. The molecular weight excluding hydrogens is 330 g/mol. The Hall–Kier alpha value is 0.110. The van der Waals surface area contributed by atoms with E-state index < -0.39 is 0 Å². The first kappa shape index (κ1) is 12.6. The molecule has 0 amide bonds. The predicted octanol–water partition coefficient (Wildman–Crippen LogP) is 4.73. The summed E-state index contributed by atoms with van der Waals surface area (Å²) in [6, 6.07) is 4.23. The number of aromatic nitrogens is 1. The number of hydrogen-bond acceptors (Lipinski definition) is 1. The van der Waals surface area contributed by atoms with Gasteiger partial charge in [-0.25, -0.2) is 0 Å². The number of hydrogen-bond donors (Lipinski definition) is 0. The Balaban J connectivity index is 2.08. The van der Waals surface area contributed by atoms with Crippen LogP contribution in [0.4, 0.5) is 0 Å². The van der Waals surface area contributed by atoms with E-state index in [0.717, 1.165) is 16.2 Å². The molecule has 0 atom stereocenters. The van der Waals surface area contributed by atoms with Gasteiger partial charge in [-0.15, -0.1) is 0 Å². The Morgan fingerprint density at radius 1 is 1.19 bits per heavy atom. The van der Waals surface area contributed by atoms with Gasteiger partial charge in [0.1, 0.15) is 0 Å². The molecule has 88 valence electrons. The molecule has 0 radical (unpaired) electrons. The van der Waals surface area contributed by atoms with Gasteiger partial charge in [0.15, 0.2) is 0 Å². The van der Waals surface area contributed by atoms with Crippen molar-refractivity contribution in [2.45, 2.75) is 38.5 Å². The summed E-state index contributed by atoms with van der Waals surface area (Å²) in [6.07, 6.45) is 9.87. The second kappa shape index (κ2) is 5.63. The van der Waals surface area contributed by atoms with Crippen LogP contribution in [0.15, 0.2) is 22.8 Å². The van der Waals surface area contributed by atoms with Gasteiger partial charge in [0.25, 0.3) is 0 Å². The summed E-state index contributed by atoms with van der Waals surface area (Å²) >= 11 is 7.13. The zero-order valence-electron chi connectivity index (χ0n) is 9.38. The summed E-state index contributed by atoms with van der Waals surface area (Å²) in [5, 5.41) is 1.11. The maximum atomic E-state index is 4.50. The molecule has 0 unspecified atom stereocenters. The maximum absolute atomic E-state index is 4.50. The highest BCUT2D eigenvalue weighted by atomic mass is 79.9. The van der Waals surface area contributed by atoms with E-state index >= 15 is 0 Å². The van der Waals surface area contributed by atoms with E-state index in [1.807, 2.05) is 6.20 Å². The third-order valence-corrected chi connectivity index (χ3v) is 5.20. The van der Waals surface area contributed by atoms with Crippen LogP contribution < -0.4 is 0 Å². The Labute approximate surface area is 114 Å². The van der Waals surface area contributed by atoms with Crippen molar-refractivity contribution in [3.63, 3.8) is 0 Å². The SMILES string of the molecule is BrCC1(Cc2ccc(Br)cn2)CCCCC1. The summed E-state index contributed by atoms with van der Waals surface area (Å²) in [5.41, 5.74) is 1.68. The average molecular weight is 347 g/mol. The lowest BCUT2D eigenvalue weighted by molar-refractivity contribution is 0.221. The zero-order valence-corrected chi connectivity index (χ0v) is 12.6. The first-order valence-corrected chi connectivity index (χ1v) is 7.82. The van der Waals surface area contributed by atoms with Crippen molar-refractivity contribution in [3.05, 3.63) is 28.5 Å². The lowest BCUT2D eigenvalue weighted by atomic mass is 9.73. The third kappa shape index (κ3) is 3.07. The van der Waals surface area contributed by atoms with Gasteiger partial charge in [-0.05, 0) is 52.7 Å². The molecule has 1 aliphatic rings. The molecule has 1 heterocycles. The van der Waals surface area contributed by atoms with Gasteiger partial charge in [-0.2, -0.15) is 0 Å². The minimum absolute atomic E-state index is 0.457. The molecule has 1 nitrogen and oxygen atoms in total. The van der Waals surface area contributed by atoms with Crippen LogP contribution in [0.1, 0.15) is 37.8 Å². The molecule has 1 aliphatic carbocycles. The average Bonchev–Trinajstić information content (AvgIpc) is 2.33. The van der Waals surface area contributed by atoms with Crippen molar-refractivity contribution in [1.29, 1.82) is 0 Å². The highest BCUT2D eigenvalue weighted by Gasteiger charge is 2.31. The Morgan fingerprint density at radius 3 is 2.50 bits per heavy atom. The van der Waals surface area contributed by atoms with Crippen LogP contribution in [-0.4, -0.2) is 10.3 Å². The fourth-order valence-electron chi connectivity index (χ4n) is 2.55. The van der Waals surface area contributed by atoms with Crippen molar-refractivity contribution in [2.75, 3.05) is 5.33 Å². The first-order valence-electron chi connectivity index (χ1n) is 5.91. The largest absolute Gasteiger partial charge is 0.260 e. The summed E-state index contributed by atoms with van der Waals surface area (Å²) in [5.74, 6) is 0. The van der Waals surface area contributed by atoms with Gasteiger partial charge < -0.3 is 0 Å². The van der Waals surface area contributed by atoms with Crippen LogP contribution >= 0.6 is 31.9 Å². The number of pyridine rings is 1. The molecule has 1 aromatic heterocycles. The normalized spacial score (nSPS) is 19.6. The smallest absolute Gasteiger partial charge is 0.0413 e. The molecule has 0 N–H and O–H groups in total. The van der Waals surface area contributed by atoms with Crippen LogP contribution in [0, 0.1) is 5.41 Å². The van der Waals surface area contributed by atoms with Gasteiger partial charge in [0, 0.05) is 21.7 Å². The van der Waals surface area contributed by atoms with Crippen LogP contribution in [0.2, 0.25) is 0 Å². The summed E-state index contributed by atoms with van der Waals surface area (Å²) in [6.45, 7) is 0. The van der Waals surface area contributed by atoms with E-state index in [1.54, 1.807) is 0 Å². The van der Waals surface area contributed by atoms with E-state index in [2.05, 4.69) is 49.0 Å². The molecule has 0 aliphatic heterocycles. The van der Waals surface area contributed by atoms with Crippen molar-refractivity contribution in [2.24, 2.45) is 5.41 Å². The third-order valence-electron chi connectivity index (χ3n) is 3.54. The number of rotatable bonds is 3. The summed E-state index contributed by atoms with van der Waals surface area (Å²) in [4.78, 5) is 4.50. The number of halogens is 2. The molecular formula is C13H17Br2N. The monoisotopic (exact) mass is 345 g/mol. The molecule has 0 bridgehead atoms. The van der Waals surface area contributed by atoms with E-state index in [0.29, 0.717) is 5.41 Å². The predicted molar refractivity (Wildman–Crippen MR) is 75.0 cm³/mol. The van der Waals surface area contributed by atoms with Gasteiger partial charge in [0.05, 0.1) is 0 Å². The highest BCUT2D eigenvalue weighted by molar-refractivity contribution is 9.10. The summed E-state index contributed by atoms with van der Waals surface area (Å²) in [7, 11) is 0. The van der Waals surface area contributed by atoms with E-state index in [9.17, 15) is 0 Å². The number of alkyl halides is 1. The molecule has 1 fully saturated rings. The van der Waals surface area contributed by atoms with Crippen LogP contribution in [0.25, 0.3) is 0 Å². The minimum atomic E-state index is 0.457. The standard InChI is InChI=1S/C13H17Br2N/c14-10-13(6-2-1-3-7-13)8-12-5-4-11(15)9-16-12/h4-5,9H,1-3,6-8,10H2. The van der Waals surface area contributed by atoms with Crippen LogP contribution in [0.5, 0.6) is 0 Å². The fourth-order valence-corrected chi connectivity index (χ4v) is 3.55. The maximum Gasteiger partial charge on any atom is 0.0413 e. The Bertz CT molecular complexity index is 328. The van der Waals surface area contributed by atoms with Crippen molar-refractivity contribution >= 4 is 31.9 Å². The molecule has 0 aromatic carbocycles. The molecule has 2 rings (SSSR count). The Morgan fingerprint density at radius 2 is 1.94 bits per heavy atom. The van der Waals surface area contributed by atoms with Crippen molar-refractivity contribution in [1.82, 2.24) is 4.98 Å². The summed E-state index contributed by atoms with van der Waals surface area (Å²) < 4.78 is 1.06. The quantitative estimate of drug-likeness (QED) is 0.721. The molecule has 3 heteroatoms. The molecule has 16 heavy (non-hydrogen) atoms. The van der Waals surface area contributed by atoms with E-state index in [1.165, 1.54) is 37.8 Å². The topological polar surface area (TPSA) is 12.9 Å². The van der Waals surface area contributed by atoms with E-state index in [4.69, 9.17) is 0 Å². The first-order chi connectivity index (χ1) is 7.74. The minimum Gasteiger partial charge on any atom is -0.260 e. The van der Waals surface area contributed by atoms with Gasteiger partial charge >= 0.3 is 0 Å². The Kier molecular flexibility index (Phi) is 4.42. The molecule has 1 saturated carbocycles. The lowest BCUT2D eigenvalue weighted by Gasteiger charge is -2.35.